The standard InChI is InChI=1S/C25H26FN3O3/c1-14(2)12-18-20-21(23(31)28(3)22(20)30)25(27-18)16-9-5-7-11-19(16)29(24(25)32)13-15-8-4-6-10-17(15)26/h4-11,14,18,20-21,27H,12-13H2,1-3H3/t18-,20-,21+,25+/m1/s1. The number of imide groups is 1. The van der Waals surface area contributed by atoms with Crippen molar-refractivity contribution >= 4 is 23.4 Å². The minimum Gasteiger partial charge on any atom is -0.306 e. The predicted octanol–water partition coefficient (Wildman–Crippen LogP) is 2.82. The Bertz CT molecular complexity index is 1130. The van der Waals surface area contributed by atoms with E-state index in [1.54, 1.807) is 23.1 Å². The fraction of sp³-hybridized carbons (Fsp3) is 0.400. The maximum absolute atomic E-state index is 14.4. The molecule has 0 unspecified atom stereocenters. The van der Waals surface area contributed by atoms with Crippen molar-refractivity contribution in [3.63, 3.8) is 0 Å². The summed E-state index contributed by atoms with van der Waals surface area (Å²) in [6.07, 6.45) is 0.665. The van der Waals surface area contributed by atoms with Crippen LogP contribution in [0, 0.1) is 23.6 Å². The van der Waals surface area contributed by atoms with Gasteiger partial charge in [-0.2, -0.15) is 0 Å². The first kappa shape index (κ1) is 20.8. The van der Waals surface area contributed by atoms with E-state index in [0.29, 0.717) is 23.2 Å². The average Bonchev–Trinajstić information content (AvgIpc) is 3.30. The zero-order chi connectivity index (χ0) is 22.8. The summed E-state index contributed by atoms with van der Waals surface area (Å²) in [6.45, 7) is 4.17. The number of hydrogen-bond acceptors (Lipinski definition) is 4. The molecule has 3 amide bonds. The summed E-state index contributed by atoms with van der Waals surface area (Å²) < 4.78 is 14.4. The monoisotopic (exact) mass is 435 g/mol. The number of nitrogens with zero attached hydrogens (tertiary/aromatic N) is 2. The predicted molar refractivity (Wildman–Crippen MR) is 117 cm³/mol. The third kappa shape index (κ3) is 2.70. The number of para-hydroxylation sites is 1. The number of benzene rings is 2. The van der Waals surface area contributed by atoms with Crippen molar-refractivity contribution in [2.24, 2.45) is 17.8 Å². The molecule has 2 saturated heterocycles. The van der Waals surface area contributed by atoms with Gasteiger partial charge in [0, 0.05) is 29.9 Å². The Morgan fingerprint density at radius 3 is 2.44 bits per heavy atom. The van der Waals surface area contributed by atoms with Crippen LogP contribution in [0.15, 0.2) is 48.5 Å². The fourth-order valence-corrected chi connectivity index (χ4v) is 5.76. The third-order valence-electron chi connectivity index (χ3n) is 7.10. The number of rotatable bonds is 4. The van der Waals surface area contributed by atoms with E-state index in [-0.39, 0.29) is 42.0 Å². The molecule has 5 rings (SSSR count). The first-order valence-corrected chi connectivity index (χ1v) is 11.0. The highest BCUT2D eigenvalue weighted by molar-refractivity contribution is 6.15. The molecule has 1 N–H and O–H groups in total. The van der Waals surface area contributed by atoms with Gasteiger partial charge in [0.15, 0.2) is 0 Å². The summed E-state index contributed by atoms with van der Waals surface area (Å²) in [7, 11) is 1.49. The van der Waals surface area contributed by atoms with Gasteiger partial charge in [-0.15, -0.1) is 0 Å². The van der Waals surface area contributed by atoms with Crippen LogP contribution in [0.4, 0.5) is 10.1 Å². The quantitative estimate of drug-likeness (QED) is 0.750. The average molecular weight is 435 g/mol. The van der Waals surface area contributed by atoms with E-state index in [4.69, 9.17) is 0 Å². The summed E-state index contributed by atoms with van der Waals surface area (Å²) in [6, 6.07) is 13.4. The van der Waals surface area contributed by atoms with Crippen LogP contribution < -0.4 is 10.2 Å². The smallest absolute Gasteiger partial charge is 0.253 e. The Hall–Kier alpha value is -3.06. The van der Waals surface area contributed by atoms with Crippen molar-refractivity contribution in [1.82, 2.24) is 10.2 Å². The Morgan fingerprint density at radius 1 is 1.03 bits per heavy atom. The molecule has 7 heteroatoms. The lowest BCUT2D eigenvalue weighted by Gasteiger charge is -2.30. The van der Waals surface area contributed by atoms with Gasteiger partial charge in [0.05, 0.1) is 18.4 Å². The highest BCUT2D eigenvalue weighted by atomic mass is 19.1. The number of fused-ring (bicyclic) bond motifs is 4. The van der Waals surface area contributed by atoms with Gasteiger partial charge in [-0.1, -0.05) is 50.2 Å². The van der Waals surface area contributed by atoms with Gasteiger partial charge in [0.25, 0.3) is 5.91 Å². The topological polar surface area (TPSA) is 69.7 Å². The zero-order valence-electron chi connectivity index (χ0n) is 18.3. The first-order chi connectivity index (χ1) is 15.3. The molecule has 3 aliphatic rings. The number of amides is 3. The molecule has 2 aromatic rings. The maximum Gasteiger partial charge on any atom is 0.253 e. The van der Waals surface area contributed by atoms with Crippen LogP contribution in [0.2, 0.25) is 0 Å². The van der Waals surface area contributed by atoms with Crippen molar-refractivity contribution in [2.45, 2.75) is 38.4 Å². The molecule has 3 heterocycles. The van der Waals surface area contributed by atoms with Gasteiger partial charge in [-0.05, 0) is 24.5 Å². The zero-order valence-corrected chi connectivity index (χ0v) is 18.3. The number of nitrogens with one attached hydrogen (secondary N) is 1. The number of anilines is 1. The van der Waals surface area contributed by atoms with Crippen molar-refractivity contribution in [2.75, 3.05) is 11.9 Å². The second-order valence-electron chi connectivity index (χ2n) is 9.43. The van der Waals surface area contributed by atoms with E-state index < -0.39 is 17.4 Å². The van der Waals surface area contributed by atoms with Crippen molar-refractivity contribution in [3.05, 3.63) is 65.5 Å². The van der Waals surface area contributed by atoms with E-state index in [9.17, 15) is 18.8 Å². The van der Waals surface area contributed by atoms with Gasteiger partial charge in [-0.25, -0.2) is 4.39 Å². The van der Waals surface area contributed by atoms with Crippen molar-refractivity contribution in [3.8, 4) is 0 Å². The molecule has 0 bridgehead atoms. The van der Waals surface area contributed by atoms with Crippen LogP contribution in [0.5, 0.6) is 0 Å². The fourth-order valence-electron chi connectivity index (χ4n) is 5.76. The first-order valence-electron chi connectivity index (χ1n) is 11.0. The van der Waals surface area contributed by atoms with Gasteiger partial charge in [0.2, 0.25) is 11.8 Å². The highest BCUT2D eigenvalue weighted by Crippen LogP contribution is 2.55. The van der Waals surface area contributed by atoms with Gasteiger partial charge in [0.1, 0.15) is 11.4 Å². The molecule has 32 heavy (non-hydrogen) atoms. The Morgan fingerprint density at radius 2 is 1.72 bits per heavy atom. The molecule has 166 valence electrons. The van der Waals surface area contributed by atoms with Crippen LogP contribution in [-0.2, 0) is 26.5 Å². The second-order valence-corrected chi connectivity index (χ2v) is 9.43. The summed E-state index contributed by atoms with van der Waals surface area (Å²) in [5.41, 5.74) is 0.391. The molecule has 2 fully saturated rings. The van der Waals surface area contributed by atoms with Gasteiger partial charge >= 0.3 is 0 Å². The second kappa shape index (κ2) is 7.24. The summed E-state index contributed by atoms with van der Waals surface area (Å²) in [5, 5.41) is 3.46. The largest absolute Gasteiger partial charge is 0.306 e. The van der Waals surface area contributed by atoms with Gasteiger partial charge < -0.3 is 4.90 Å². The molecule has 6 nitrogen and oxygen atoms in total. The van der Waals surface area contributed by atoms with Crippen LogP contribution in [0.25, 0.3) is 0 Å². The Kier molecular flexibility index (Phi) is 4.71. The van der Waals surface area contributed by atoms with E-state index in [1.165, 1.54) is 18.0 Å². The summed E-state index contributed by atoms with van der Waals surface area (Å²) >= 11 is 0. The van der Waals surface area contributed by atoms with E-state index in [2.05, 4.69) is 19.2 Å². The van der Waals surface area contributed by atoms with Crippen LogP contribution in [-0.4, -0.2) is 35.7 Å². The number of carbonyl (C=O) groups excluding carboxylic acids is 3. The molecule has 1 spiro atoms. The summed E-state index contributed by atoms with van der Waals surface area (Å²) in [5.74, 6) is -2.41. The number of likely N-dealkylation sites (tertiary alicyclic amines) is 1. The number of halogens is 1. The SMILES string of the molecule is CC(C)C[C@H]1N[C@]2(C(=O)N(Cc3ccccc3F)c3ccccc32)[C@@H]2C(=O)N(C)C(=O)[C@@H]21. The molecule has 3 aliphatic heterocycles. The van der Waals surface area contributed by atoms with Crippen LogP contribution >= 0.6 is 0 Å². The molecule has 2 aromatic carbocycles. The molecular formula is C25H26FN3O3. The lowest BCUT2D eigenvalue weighted by molar-refractivity contribution is -0.141. The normalized spacial score (nSPS) is 28.9. The van der Waals surface area contributed by atoms with Crippen LogP contribution in [0.3, 0.4) is 0 Å². The Balaban J connectivity index is 1.65. The molecule has 4 atom stereocenters. The third-order valence-corrected chi connectivity index (χ3v) is 7.10. The molecule has 0 radical (unpaired) electrons. The molecule has 0 aliphatic carbocycles. The number of hydrogen-bond donors (Lipinski definition) is 1. The molecular weight excluding hydrogens is 409 g/mol. The van der Waals surface area contributed by atoms with E-state index in [1.807, 2.05) is 24.3 Å². The summed E-state index contributed by atoms with van der Waals surface area (Å²) in [4.78, 5) is 43.2. The maximum atomic E-state index is 14.4. The van der Waals surface area contributed by atoms with E-state index in [0.717, 1.165) is 0 Å². The van der Waals surface area contributed by atoms with E-state index >= 15 is 0 Å². The van der Waals surface area contributed by atoms with Crippen LogP contribution in [0.1, 0.15) is 31.4 Å². The van der Waals surface area contributed by atoms with Crippen molar-refractivity contribution < 1.29 is 18.8 Å². The Labute approximate surface area is 186 Å². The minimum atomic E-state index is -1.33. The number of carbonyl (C=O) groups is 3. The minimum absolute atomic E-state index is 0.0517. The van der Waals surface area contributed by atoms with Crippen molar-refractivity contribution in [1.29, 1.82) is 0 Å². The highest BCUT2D eigenvalue weighted by Gasteiger charge is 2.71. The van der Waals surface area contributed by atoms with Gasteiger partial charge in [-0.3, -0.25) is 24.6 Å². The molecule has 0 saturated carbocycles. The molecule has 0 aromatic heterocycles. The lowest BCUT2D eigenvalue weighted by Crippen LogP contribution is -2.54. The lowest BCUT2D eigenvalue weighted by atomic mass is 9.76.